The summed E-state index contributed by atoms with van der Waals surface area (Å²) in [4.78, 5) is 0. The fourth-order valence-electron chi connectivity index (χ4n) is 2.25. The summed E-state index contributed by atoms with van der Waals surface area (Å²) in [5.74, 6) is 0. The van der Waals surface area contributed by atoms with E-state index in [1.165, 1.54) is 0 Å². The average molecular weight is 230 g/mol. The Labute approximate surface area is 94.0 Å². The van der Waals surface area contributed by atoms with Gasteiger partial charge in [0.15, 0.2) is 0 Å². The molecule has 1 aliphatic rings. The molecule has 0 spiro atoms. The van der Waals surface area contributed by atoms with Crippen LogP contribution in [-0.4, -0.2) is 27.0 Å². The lowest BCUT2D eigenvalue weighted by molar-refractivity contribution is 0.127. The zero-order chi connectivity index (χ0) is 10.9. The molecule has 2 unspecified atom stereocenters. The van der Waals surface area contributed by atoms with Crippen molar-refractivity contribution in [3.8, 4) is 0 Å². The first-order valence-corrected chi connectivity index (χ1v) is 5.60. The van der Waals surface area contributed by atoms with Gasteiger partial charge in [0.05, 0.1) is 23.9 Å². The highest BCUT2D eigenvalue weighted by atomic mass is 35.5. The number of halogens is 1. The van der Waals surface area contributed by atoms with Gasteiger partial charge in [-0.05, 0) is 25.7 Å². The first-order valence-electron chi connectivity index (χ1n) is 5.22. The van der Waals surface area contributed by atoms with Gasteiger partial charge >= 0.3 is 0 Å². The Morgan fingerprint density at radius 1 is 1.73 bits per heavy atom. The molecule has 0 aliphatic heterocycles. The van der Waals surface area contributed by atoms with Crippen LogP contribution in [0.1, 0.15) is 31.7 Å². The monoisotopic (exact) mass is 229 g/mol. The normalized spacial score (nSPS) is 31.8. The molecule has 84 valence electrons. The second-order valence-corrected chi connectivity index (χ2v) is 4.85. The van der Waals surface area contributed by atoms with Gasteiger partial charge in [-0.2, -0.15) is 5.10 Å². The molecular weight excluding hydrogens is 214 g/mol. The molecule has 1 fully saturated rings. The third-order valence-electron chi connectivity index (χ3n) is 3.11. The van der Waals surface area contributed by atoms with Crippen molar-refractivity contribution in [2.24, 2.45) is 5.73 Å². The highest BCUT2D eigenvalue weighted by Crippen LogP contribution is 2.33. The van der Waals surface area contributed by atoms with Crippen LogP contribution < -0.4 is 5.73 Å². The maximum atomic E-state index is 9.24. The molecule has 4 nitrogen and oxygen atoms in total. The smallest absolute Gasteiger partial charge is 0.0785 e. The zero-order valence-electron chi connectivity index (χ0n) is 8.56. The number of aliphatic hydroxyl groups is 1. The van der Waals surface area contributed by atoms with Gasteiger partial charge in [-0.25, -0.2) is 0 Å². The Morgan fingerprint density at radius 2 is 2.53 bits per heavy atom. The molecule has 0 radical (unpaired) electrons. The molecular formula is C10H16ClN3O. The van der Waals surface area contributed by atoms with E-state index in [4.69, 9.17) is 17.3 Å². The van der Waals surface area contributed by atoms with Crippen molar-refractivity contribution in [1.82, 2.24) is 9.78 Å². The van der Waals surface area contributed by atoms with Crippen LogP contribution in [0.5, 0.6) is 0 Å². The Hall–Kier alpha value is -0.580. The number of aliphatic hydroxyl groups excluding tert-OH is 1. The van der Waals surface area contributed by atoms with Gasteiger partial charge in [-0.3, -0.25) is 4.68 Å². The van der Waals surface area contributed by atoms with Crippen molar-refractivity contribution >= 4 is 11.6 Å². The maximum Gasteiger partial charge on any atom is 0.0785 e. The minimum atomic E-state index is -0.443. The summed E-state index contributed by atoms with van der Waals surface area (Å²) in [6.45, 7) is 0.0402. The average Bonchev–Trinajstić information content (AvgIpc) is 2.65. The van der Waals surface area contributed by atoms with E-state index in [0.29, 0.717) is 5.02 Å². The maximum absolute atomic E-state index is 9.24. The molecule has 0 amide bonds. The molecule has 1 aromatic rings. The predicted octanol–water partition coefficient (Wildman–Crippen LogP) is 1.34. The third kappa shape index (κ3) is 2.33. The van der Waals surface area contributed by atoms with Crippen molar-refractivity contribution in [2.45, 2.75) is 37.3 Å². The largest absolute Gasteiger partial charge is 0.394 e. The summed E-state index contributed by atoms with van der Waals surface area (Å²) in [5, 5.41) is 14.1. The summed E-state index contributed by atoms with van der Waals surface area (Å²) in [6, 6.07) is 0.267. The van der Waals surface area contributed by atoms with E-state index >= 15 is 0 Å². The molecule has 2 rings (SSSR count). The van der Waals surface area contributed by atoms with E-state index in [1.807, 2.05) is 10.9 Å². The molecule has 3 N–H and O–H groups in total. The van der Waals surface area contributed by atoms with Gasteiger partial charge in [0.25, 0.3) is 0 Å². The molecule has 0 saturated heterocycles. The molecule has 15 heavy (non-hydrogen) atoms. The van der Waals surface area contributed by atoms with Crippen LogP contribution in [0, 0.1) is 0 Å². The fourth-order valence-corrected chi connectivity index (χ4v) is 2.39. The minimum absolute atomic E-state index is 0.0402. The standard InChI is InChI=1S/C10H16ClN3O/c11-8-5-13-14(6-8)9-2-1-3-10(12,4-9)7-15/h5-6,9,15H,1-4,7,12H2. The lowest BCUT2D eigenvalue weighted by Gasteiger charge is -2.36. The number of nitrogens with two attached hydrogens (primary N) is 1. The summed E-state index contributed by atoms with van der Waals surface area (Å²) < 4.78 is 1.86. The van der Waals surface area contributed by atoms with Gasteiger partial charge in [0.1, 0.15) is 0 Å². The van der Waals surface area contributed by atoms with Gasteiger partial charge in [-0.1, -0.05) is 11.6 Å². The highest BCUT2D eigenvalue weighted by molar-refractivity contribution is 6.30. The number of nitrogens with zero attached hydrogens (tertiary/aromatic N) is 2. The van der Waals surface area contributed by atoms with Crippen molar-refractivity contribution in [3.05, 3.63) is 17.4 Å². The predicted molar refractivity (Wildman–Crippen MR) is 58.7 cm³/mol. The lowest BCUT2D eigenvalue weighted by Crippen LogP contribution is -2.47. The number of rotatable bonds is 2. The van der Waals surface area contributed by atoms with Crippen molar-refractivity contribution in [2.75, 3.05) is 6.61 Å². The molecule has 1 heterocycles. The van der Waals surface area contributed by atoms with Gasteiger partial charge in [0, 0.05) is 11.7 Å². The van der Waals surface area contributed by atoms with Crippen LogP contribution in [0.25, 0.3) is 0 Å². The van der Waals surface area contributed by atoms with Crippen LogP contribution >= 0.6 is 11.6 Å². The van der Waals surface area contributed by atoms with Gasteiger partial charge in [-0.15, -0.1) is 0 Å². The molecule has 0 bridgehead atoms. The third-order valence-corrected chi connectivity index (χ3v) is 3.31. The molecule has 1 aromatic heterocycles. The summed E-state index contributed by atoms with van der Waals surface area (Å²) in [7, 11) is 0. The van der Waals surface area contributed by atoms with Gasteiger partial charge in [0.2, 0.25) is 0 Å². The second kappa shape index (κ2) is 4.12. The number of hydrogen-bond donors (Lipinski definition) is 2. The molecule has 2 atom stereocenters. The number of aromatic nitrogens is 2. The fraction of sp³-hybridized carbons (Fsp3) is 0.700. The minimum Gasteiger partial charge on any atom is -0.394 e. The molecule has 0 aromatic carbocycles. The second-order valence-electron chi connectivity index (χ2n) is 4.41. The first-order chi connectivity index (χ1) is 7.13. The van der Waals surface area contributed by atoms with Crippen molar-refractivity contribution in [1.29, 1.82) is 0 Å². The molecule has 1 aliphatic carbocycles. The highest BCUT2D eigenvalue weighted by Gasteiger charge is 2.33. The van der Waals surface area contributed by atoms with Crippen LogP contribution in [0.4, 0.5) is 0 Å². The van der Waals surface area contributed by atoms with Crippen LogP contribution in [0.15, 0.2) is 12.4 Å². The van der Waals surface area contributed by atoms with E-state index in [0.717, 1.165) is 25.7 Å². The Balaban J connectivity index is 2.11. The van der Waals surface area contributed by atoms with Crippen molar-refractivity contribution < 1.29 is 5.11 Å². The summed E-state index contributed by atoms with van der Waals surface area (Å²) in [6.07, 6.45) is 7.18. The van der Waals surface area contributed by atoms with E-state index in [2.05, 4.69) is 5.10 Å². The van der Waals surface area contributed by atoms with E-state index in [9.17, 15) is 5.11 Å². The molecule has 1 saturated carbocycles. The Morgan fingerprint density at radius 3 is 3.13 bits per heavy atom. The van der Waals surface area contributed by atoms with Crippen LogP contribution in [-0.2, 0) is 0 Å². The first kappa shape index (κ1) is 10.9. The topological polar surface area (TPSA) is 64.1 Å². The van der Waals surface area contributed by atoms with Crippen LogP contribution in [0.2, 0.25) is 5.02 Å². The zero-order valence-corrected chi connectivity index (χ0v) is 9.32. The van der Waals surface area contributed by atoms with E-state index < -0.39 is 5.54 Å². The summed E-state index contributed by atoms with van der Waals surface area (Å²) in [5.41, 5.74) is 5.63. The van der Waals surface area contributed by atoms with Crippen molar-refractivity contribution in [3.63, 3.8) is 0 Å². The summed E-state index contributed by atoms with van der Waals surface area (Å²) >= 11 is 5.82. The number of hydrogen-bond acceptors (Lipinski definition) is 3. The van der Waals surface area contributed by atoms with E-state index in [-0.39, 0.29) is 12.6 Å². The lowest BCUT2D eigenvalue weighted by atomic mass is 9.80. The van der Waals surface area contributed by atoms with Gasteiger partial charge < -0.3 is 10.8 Å². The SMILES string of the molecule is NC1(CO)CCCC(n2cc(Cl)cn2)C1. The quantitative estimate of drug-likeness (QED) is 0.805. The Bertz CT molecular complexity index is 341. The molecule has 5 heteroatoms. The van der Waals surface area contributed by atoms with Crippen LogP contribution in [0.3, 0.4) is 0 Å². The Kier molecular flexibility index (Phi) is 3.00. The van der Waals surface area contributed by atoms with E-state index in [1.54, 1.807) is 6.20 Å².